The van der Waals surface area contributed by atoms with Crippen molar-refractivity contribution in [3.63, 3.8) is 0 Å². The van der Waals surface area contributed by atoms with Crippen LogP contribution in [-0.4, -0.2) is 31.4 Å². The quantitative estimate of drug-likeness (QED) is 0.675. The number of cyclic esters (lactones) is 1. The van der Waals surface area contributed by atoms with Crippen LogP contribution < -0.4 is 4.72 Å². The van der Waals surface area contributed by atoms with E-state index in [1.54, 1.807) is 18.2 Å². The van der Waals surface area contributed by atoms with E-state index in [4.69, 9.17) is 4.74 Å². The van der Waals surface area contributed by atoms with Crippen molar-refractivity contribution in [3.8, 4) is 0 Å². The number of sulfonamides is 1. The Morgan fingerprint density at radius 1 is 1.32 bits per heavy atom. The largest absolute Gasteiger partial charge is 0.512 e. The van der Waals surface area contributed by atoms with Gasteiger partial charge in [-0.05, 0) is 36.5 Å². The van der Waals surface area contributed by atoms with Crippen molar-refractivity contribution >= 4 is 21.7 Å². The molecule has 2 atom stereocenters. The number of anilines is 1. The summed E-state index contributed by atoms with van der Waals surface area (Å²) >= 11 is 0. The first-order valence-corrected chi connectivity index (χ1v) is 11.4. The number of esters is 1. The SMILES string of the molecule is CCCC1(C)CC(O)=C([C@@H](c2cccc(NS(C)(=O)=O)c2)C(C)(C)C)C(=O)O1. The summed E-state index contributed by atoms with van der Waals surface area (Å²) in [4.78, 5) is 12.9. The highest BCUT2D eigenvalue weighted by molar-refractivity contribution is 7.92. The van der Waals surface area contributed by atoms with Gasteiger partial charge in [-0.2, -0.15) is 0 Å². The van der Waals surface area contributed by atoms with Crippen LogP contribution in [0.2, 0.25) is 0 Å². The van der Waals surface area contributed by atoms with E-state index in [1.807, 2.05) is 40.7 Å². The third kappa shape index (κ3) is 5.28. The van der Waals surface area contributed by atoms with E-state index in [0.29, 0.717) is 12.1 Å². The minimum absolute atomic E-state index is 0.0496. The maximum atomic E-state index is 12.9. The van der Waals surface area contributed by atoms with Gasteiger partial charge >= 0.3 is 5.97 Å². The van der Waals surface area contributed by atoms with Crippen LogP contribution in [0.3, 0.4) is 0 Å². The minimum atomic E-state index is -3.43. The van der Waals surface area contributed by atoms with Crippen LogP contribution in [0.15, 0.2) is 35.6 Å². The van der Waals surface area contributed by atoms with Crippen LogP contribution in [0, 0.1) is 5.41 Å². The zero-order valence-electron chi connectivity index (χ0n) is 17.5. The van der Waals surface area contributed by atoms with E-state index in [9.17, 15) is 18.3 Å². The number of ether oxygens (including phenoxy) is 1. The summed E-state index contributed by atoms with van der Waals surface area (Å²) in [5.74, 6) is -0.915. The number of hydrogen-bond donors (Lipinski definition) is 2. The first-order chi connectivity index (χ1) is 12.8. The van der Waals surface area contributed by atoms with Crippen molar-refractivity contribution < 1.29 is 23.1 Å². The summed E-state index contributed by atoms with van der Waals surface area (Å²) in [5.41, 5.74) is 0.275. The van der Waals surface area contributed by atoms with Crippen molar-refractivity contribution in [1.29, 1.82) is 0 Å². The maximum absolute atomic E-state index is 12.9. The van der Waals surface area contributed by atoms with Gasteiger partial charge in [-0.25, -0.2) is 13.2 Å². The maximum Gasteiger partial charge on any atom is 0.338 e. The summed E-state index contributed by atoms with van der Waals surface area (Å²) in [6.07, 6.45) is 2.87. The van der Waals surface area contributed by atoms with Crippen LogP contribution in [0.25, 0.3) is 0 Å². The molecule has 1 aromatic carbocycles. The monoisotopic (exact) mass is 409 g/mol. The molecule has 1 aromatic rings. The standard InChI is InChI=1S/C21H31NO5S/c1-7-11-21(5)13-16(23)17(19(24)27-21)18(20(2,3)4)14-9-8-10-15(12-14)22-28(6,25)26/h8-10,12,18,22-23H,7,11,13H2,1-6H3/t18-,21?/m1/s1. The van der Waals surface area contributed by atoms with Crippen molar-refractivity contribution in [2.45, 2.75) is 65.4 Å². The van der Waals surface area contributed by atoms with Gasteiger partial charge in [-0.3, -0.25) is 4.72 Å². The number of rotatable bonds is 6. The van der Waals surface area contributed by atoms with Crippen molar-refractivity contribution in [2.24, 2.45) is 5.41 Å². The smallest absolute Gasteiger partial charge is 0.338 e. The van der Waals surface area contributed by atoms with Crippen molar-refractivity contribution in [2.75, 3.05) is 11.0 Å². The number of carbonyl (C=O) groups excluding carboxylic acids is 1. The first-order valence-electron chi connectivity index (χ1n) is 9.49. The summed E-state index contributed by atoms with van der Waals surface area (Å²) < 4.78 is 31.4. The molecule has 28 heavy (non-hydrogen) atoms. The second kappa shape index (κ2) is 7.78. The average Bonchev–Trinajstić information content (AvgIpc) is 2.48. The lowest BCUT2D eigenvalue weighted by molar-refractivity contribution is -0.158. The molecule has 7 heteroatoms. The molecule has 6 nitrogen and oxygen atoms in total. The number of aliphatic hydroxyl groups is 1. The molecular formula is C21H31NO5S. The third-order valence-electron chi connectivity index (χ3n) is 4.87. The number of nitrogens with one attached hydrogen (secondary N) is 1. The molecule has 1 unspecified atom stereocenters. The fourth-order valence-electron chi connectivity index (χ4n) is 3.93. The molecule has 0 spiro atoms. The molecule has 156 valence electrons. The molecule has 2 N–H and O–H groups in total. The fraction of sp³-hybridized carbons (Fsp3) is 0.571. The van der Waals surface area contributed by atoms with Crippen LogP contribution in [0.5, 0.6) is 0 Å². The van der Waals surface area contributed by atoms with Gasteiger partial charge < -0.3 is 9.84 Å². The lowest BCUT2D eigenvalue weighted by Crippen LogP contribution is -2.40. The normalized spacial score (nSPS) is 22.0. The van der Waals surface area contributed by atoms with Gasteiger partial charge in [0.2, 0.25) is 10.0 Å². The summed E-state index contributed by atoms with van der Waals surface area (Å²) in [6, 6.07) is 6.91. The van der Waals surface area contributed by atoms with Gasteiger partial charge in [0, 0.05) is 18.0 Å². The number of benzene rings is 1. The van der Waals surface area contributed by atoms with Crippen LogP contribution in [0.1, 0.15) is 65.4 Å². The molecule has 1 heterocycles. The molecule has 1 aliphatic rings. The summed E-state index contributed by atoms with van der Waals surface area (Å²) in [5, 5.41) is 10.8. The van der Waals surface area contributed by atoms with Gasteiger partial charge in [0.15, 0.2) is 0 Å². The predicted octanol–water partition coefficient (Wildman–Crippen LogP) is 4.51. The summed E-state index contributed by atoms with van der Waals surface area (Å²) in [7, 11) is -3.43. The Morgan fingerprint density at radius 2 is 1.96 bits per heavy atom. The molecule has 0 aromatic heterocycles. The highest BCUT2D eigenvalue weighted by atomic mass is 32.2. The molecular weight excluding hydrogens is 378 g/mol. The number of aliphatic hydroxyl groups excluding tert-OH is 1. The van der Waals surface area contributed by atoms with Gasteiger partial charge in [-0.1, -0.05) is 46.2 Å². The molecule has 2 rings (SSSR count). The third-order valence-corrected chi connectivity index (χ3v) is 5.47. The molecule has 0 amide bonds. The molecule has 0 fully saturated rings. The van der Waals surface area contributed by atoms with E-state index < -0.39 is 32.9 Å². The fourth-order valence-corrected chi connectivity index (χ4v) is 4.49. The number of hydrogen-bond acceptors (Lipinski definition) is 5. The average molecular weight is 410 g/mol. The van der Waals surface area contributed by atoms with E-state index in [1.165, 1.54) is 0 Å². The summed E-state index contributed by atoms with van der Waals surface area (Å²) in [6.45, 7) is 9.77. The van der Waals surface area contributed by atoms with Crippen molar-refractivity contribution in [3.05, 3.63) is 41.2 Å². The Kier molecular flexibility index (Phi) is 6.19. The Morgan fingerprint density at radius 3 is 2.46 bits per heavy atom. The van der Waals surface area contributed by atoms with Gasteiger partial charge in [-0.15, -0.1) is 0 Å². The lowest BCUT2D eigenvalue weighted by Gasteiger charge is -2.39. The van der Waals surface area contributed by atoms with E-state index >= 15 is 0 Å². The van der Waals surface area contributed by atoms with Crippen LogP contribution >= 0.6 is 0 Å². The van der Waals surface area contributed by atoms with E-state index in [-0.39, 0.29) is 17.8 Å². The van der Waals surface area contributed by atoms with Gasteiger partial charge in [0.1, 0.15) is 11.4 Å². The number of carbonyl (C=O) groups is 1. The van der Waals surface area contributed by atoms with Crippen LogP contribution in [-0.2, 0) is 19.6 Å². The Labute approximate surface area is 168 Å². The molecule has 0 aliphatic carbocycles. The lowest BCUT2D eigenvalue weighted by atomic mass is 9.70. The molecule has 0 radical (unpaired) electrons. The highest BCUT2D eigenvalue weighted by Crippen LogP contribution is 2.46. The van der Waals surface area contributed by atoms with Gasteiger partial charge in [0.25, 0.3) is 0 Å². The van der Waals surface area contributed by atoms with Crippen molar-refractivity contribution in [1.82, 2.24) is 0 Å². The van der Waals surface area contributed by atoms with Crippen LogP contribution in [0.4, 0.5) is 5.69 Å². The Bertz CT molecular complexity index is 882. The second-order valence-electron chi connectivity index (χ2n) is 8.93. The molecule has 0 saturated carbocycles. The molecule has 0 saturated heterocycles. The minimum Gasteiger partial charge on any atom is -0.512 e. The topological polar surface area (TPSA) is 92.7 Å². The predicted molar refractivity (Wildman–Crippen MR) is 111 cm³/mol. The first kappa shape index (κ1) is 22.3. The second-order valence-corrected chi connectivity index (χ2v) is 10.7. The van der Waals surface area contributed by atoms with E-state index in [0.717, 1.165) is 18.2 Å². The van der Waals surface area contributed by atoms with Gasteiger partial charge in [0.05, 0.1) is 11.8 Å². The molecule has 0 bridgehead atoms. The Hall–Kier alpha value is -2.02. The zero-order chi connectivity index (χ0) is 21.3. The molecule has 1 aliphatic heterocycles. The zero-order valence-corrected chi connectivity index (χ0v) is 18.3. The Balaban J connectivity index is 2.54. The highest BCUT2D eigenvalue weighted by Gasteiger charge is 2.44. The van der Waals surface area contributed by atoms with E-state index in [2.05, 4.69) is 4.72 Å².